The second-order valence-electron chi connectivity index (χ2n) is 9.40. The quantitative estimate of drug-likeness (QED) is 0.259. The molecule has 11 nitrogen and oxygen atoms in total. The standard InChI is InChI=1S/C26H32N8O3S/c1-17-16-18(2)28-24(27-17)38-15-14-34-21-22(30(3)26(36)31(4)23(21)35)29-25(34)33-12-10-32(11-13-33)19-6-8-20(37-5)9-7-19/h6-9,16H,10-15H2,1-5H3. The van der Waals surface area contributed by atoms with Gasteiger partial charge < -0.3 is 19.1 Å². The number of anilines is 2. The number of ether oxygens (including phenoxy) is 1. The van der Waals surface area contributed by atoms with Gasteiger partial charge in [-0.2, -0.15) is 4.98 Å². The highest BCUT2D eigenvalue weighted by atomic mass is 32.2. The highest BCUT2D eigenvalue weighted by Crippen LogP contribution is 2.25. The average molecular weight is 537 g/mol. The number of imidazole rings is 1. The number of methoxy groups -OCH3 is 1. The Bertz CT molecular complexity index is 1560. The summed E-state index contributed by atoms with van der Waals surface area (Å²) in [4.78, 5) is 44.3. The van der Waals surface area contributed by atoms with Crippen molar-refractivity contribution >= 4 is 34.6 Å². The maximum absolute atomic E-state index is 13.3. The molecule has 1 aliphatic heterocycles. The number of benzene rings is 1. The Balaban J connectivity index is 1.44. The fraction of sp³-hybridized carbons (Fsp3) is 0.423. The number of fused-ring (bicyclic) bond motifs is 1. The molecule has 1 saturated heterocycles. The van der Waals surface area contributed by atoms with Crippen LogP contribution in [-0.2, 0) is 20.6 Å². The van der Waals surface area contributed by atoms with Crippen LogP contribution in [0, 0.1) is 13.8 Å². The van der Waals surface area contributed by atoms with Gasteiger partial charge in [0, 0.05) is 69.6 Å². The van der Waals surface area contributed by atoms with Crippen molar-refractivity contribution in [1.82, 2.24) is 28.7 Å². The van der Waals surface area contributed by atoms with E-state index in [-0.39, 0.29) is 11.2 Å². The minimum absolute atomic E-state index is 0.341. The van der Waals surface area contributed by atoms with Crippen LogP contribution in [0.25, 0.3) is 11.2 Å². The first kappa shape index (κ1) is 25.8. The average Bonchev–Trinajstić information content (AvgIpc) is 3.30. The normalized spacial score (nSPS) is 13.9. The smallest absolute Gasteiger partial charge is 0.332 e. The largest absolute Gasteiger partial charge is 0.497 e. The minimum atomic E-state index is -0.388. The van der Waals surface area contributed by atoms with E-state index in [9.17, 15) is 9.59 Å². The zero-order valence-corrected chi connectivity index (χ0v) is 23.2. The number of thioether (sulfide) groups is 1. The molecule has 1 aliphatic rings. The van der Waals surface area contributed by atoms with E-state index in [0.29, 0.717) is 34.6 Å². The Morgan fingerprint density at radius 1 is 0.895 bits per heavy atom. The summed E-state index contributed by atoms with van der Waals surface area (Å²) in [7, 11) is 4.83. The summed E-state index contributed by atoms with van der Waals surface area (Å²) in [6.45, 7) is 7.51. The van der Waals surface area contributed by atoms with Crippen LogP contribution in [0.2, 0.25) is 0 Å². The predicted octanol–water partition coefficient (Wildman–Crippen LogP) is 1.97. The van der Waals surface area contributed by atoms with E-state index in [4.69, 9.17) is 9.72 Å². The van der Waals surface area contributed by atoms with Gasteiger partial charge in [0.1, 0.15) is 5.75 Å². The highest BCUT2D eigenvalue weighted by molar-refractivity contribution is 7.99. The summed E-state index contributed by atoms with van der Waals surface area (Å²) in [6.07, 6.45) is 0. The van der Waals surface area contributed by atoms with E-state index in [2.05, 4.69) is 31.9 Å². The Labute approximate surface area is 224 Å². The van der Waals surface area contributed by atoms with Crippen molar-refractivity contribution in [2.45, 2.75) is 25.5 Å². The van der Waals surface area contributed by atoms with Gasteiger partial charge in [-0.3, -0.25) is 13.9 Å². The molecule has 0 N–H and O–H groups in total. The molecular weight excluding hydrogens is 504 g/mol. The molecule has 4 aromatic rings. The lowest BCUT2D eigenvalue weighted by Gasteiger charge is -2.36. The first-order valence-corrected chi connectivity index (χ1v) is 13.5. The Kier molecular flexibility index (Phi) is 7.15. The molecule has 1 aromatic carbocycles. The van der Waals surface area contributed by atoms with Crippen LogP contribution in [0.3, 0.4) is 0 Å². The fourth-order valence-electron chi connectivity index (χ4n) is 4.83. The van der Waals surface area contributed by atoms with E-state index in [1.807, 2.05) is 36.6 Å². The summed E-state index contributed by atoms with van der Waals surface area (Å²) >= 11 is 1.54. The van der Waals surface area contributed by atoms with Crippen molar-refractivity contribution in [2.75, 3.05) is 48.8 Å². The molecule has 0 radical (unpaired) electrons. The van der Waals surface area contributed by atoms with Crippen LogP contribution in [0.5, 0.6) is 5.75 Å². The second kappa shape index (κ2) is 10.5. The molecule has 0 spiro atoms. The molecule has 0 amide bonds. The molecule has 200 valence electrons. The summed E-state index contributed by atoms with van der Waals surface area (Å²) in [5.74, 6) is 2.19. The van der Waals surface area contributed by atoms with Crippen LogP contribution in [0.15, 0.2) is 45.1 Å². The SMILES string of the molecule is COc1ccc(N2CCN(c3nc4c(c(=O)n(C)c(=O)n4C)n3CCSc3nc(C)cc(C)n3)CC2)cc1. The van der Waals surface area contributed by atoms with Crippen molar-refractivity contribution < 1.29 is 4.74 Å². The maximum Gasteiger partial charge on any atom is 0.332 e. The molecule has 3 aromatic heterocycles. The fourth-order valence-corrected chi connectivity index (χ4v) is 5.71. The van der Waals surface area contributed by atoms with Gasteiger partial charge in [0.25, 0.3) is 5.56 Å². The molecule has 0 bridgehead atoms. The second-order valence-corrected chi connectivity index (χ2v) is 10.5. The van der Waals surface area contributed by atoms with Crippen LogP contribution >= 0.6 is 11.8 Å². The molecule has 12 heteroatoms. The first-order chi connectivity index (χ1) is 18.3. The van der Waals surface area contributed by atoms with Crippen LogP contribution in [-0.4, -0.2) is 67.7 Å². The van der Waals surface area contributed by atoms with Crippen LogP contribution in [0.4, 0.5) is 11.6 Å². The van der Waals surface area contributed by atoms with Crippen molar-refractivity contribution in [2.24, 2.45) is 14.1 Å². The molecule has 0 unspecified atom stereocenters. The van der Waals surface area contributed by atoms with Crippen LogP contribution < -0.4 is 25.8 Å². The first-order valence-electron chi connectivity index (χ1n) is 12.5. The Hall–Kier alpha value is -3.80. The third-order valence-corrected chi connectivity index (χ3v) is 7.66. The Morgan fingerprint density at radius 2 is 1.53 bits per heavy atom. The number of nitrogens with zero attached hydrogens (tertiary/aromatic N) is 8. The molecular formula is C26H32N8O3S. The topological polar surface area (TPSA) is 103 Å². The van der Waals surface area contributed by atoms with E-state index >= 15 is 0 Å². The number of hydrogen-bond acceptors (Lipinski definition) is 9. The third kappa shape index (κ3) is 4.87. The molecule has 4 heterocycles. The van der Waals surface area contributed by atoms with Crippen molar-refractivity contribution in [3.63, 3.8) is 0 Å². The number of aryl methyl sites for hydroxylation is 4. The zero-order valence-electron chi connectivity index (χ0n) is 22.3. The number of aromatic nitrogens is 6. The number of rotatable bonds is 7. The van der Waals surface area contributed by atoms with Gasteiger partial charge in [0.15, 0.2) is 16.3 Å². The molecule has 1 fully saturated rings. The number of hydrogen-bond donors (Lipinski definition) is 0. The highest BCUT2D eigenvalue weighted by Gasteiger charge is 2.26. The third-order valence-electron chi connectivity index (χ3n) is 6.84. The zero-order chi connectivity index (χ0) is 27.0. The lowest BCUT2D eigenvalue weighted by Crippen LogP contribution is -2.47. The van der Waals surface area contributed by atoms with Gasteiger partial charge in [0.05, 0.1) is 7.11 Å². The van der Waals surface area contributed by atoms with Gasteiger partial charge >= 0.3 is 5.69 Å². The summed E-state index contributed by atoms with van der Waals surface area (Å²) in [5, 5.41) is 0.710. The lowest BCUT2D eigenvalue weighted by molar-refractivity contribution is 0.415. The van der Waals surface area contributed by atoms with Gasteiger partial charge in [-0.25, -0.2) is 14.8 Å². The van der Waals surface area contributed by atoms with Crippen molar-refractivity contribution in [3.8, 4) is 5.75 Å². The molecule has 0 aliphatic carbocycles. The minimum Gasteiger partial charge on any atom is -0.497 e. The summed E-state index contributed by atoms with van der Waals surface area (Å²) in [5.41, 5.74) is 3.09. The predicted molar refractivity (Wildman–Crippen MR) is 150 cm³/mol. The maximum atomic E-state index is 13.3. The van der Waals surface area contributed by atoms with E-state index in [0.717, 1.165) is 53.6 Å². The van der Waals surface area contributed by atoms with Crippen molar-refractivity contribution in [3.05, 3.63) is 62.6 Å². The summed E-state index contributed by atoms with van der Waals surface area (Å²) < 4.78 is 9.83. The van der Waals surface area contributed by atoms with Crippen LogP contribution in [0.1, 0.15) is 11.4 Å². The molecule has 0 saturated carbocycles. The molecule has 5 rings (SSSR count). The van der Waals surface area contributed by atoms with Gasteiger partial charge in [-0.1, -0.05) is 11.8 Å². The van der Waals surface area contributed by atoms with Crippen molar-refractivity contribution in [1.29, 1.82) is 0 Å². The summed E-state index contributed by atoms with van der Waals surface area (Å²) in [6, 6.07) is 10.0. The molecule has 0 atom stereocenters. The van der Waals surface area contributed by atoms with Gasteiger partial charge in [0.2, 0.25) is 5.95 Å². The van der Waals surface area contributed by atoms with Gasteiger partial charge in [-0.05, 0) is 44.2 Å². The number of piperazine rings is 1. The lowest BCUT2D eigenvalue weighted by atomic mass is 10.2. The monoisotopic (exact) mass is 536 g/mol. The van der Waals surface area contributed by atoms with E-state index in [1.54, 1.807) is 25.9 Å². The Morgan fingerprint density at radius 3 is 2.16 bits per heavy atom. The van der Waals surface area contributed by atoms with E-state index in [1.165, 1.54) is 11.6 Å². The van der Waals surface area contributed by atoms with Gasteiger partial charge in [-0.15, -0.1) is 0 Å². The van der Waals surface area contributed by atoms with E-state index < -0.39 is 0 Å². The molecule has 38 heavy (non-hydrogen) atoms.